The molecule has 0 spiro atoms. The molecule has 3 nitrogen and oxygen atoms in total. The van der Waals surface area contributed by atoms with Crippen LogP contribution in [0.5, 0.6) is 0 Å². The van der Waals surface area contributed by atoms with E-state index in [1.807, 2.05) is 13.8 Å². The van der Waals surface area contributed by atoms with Crippen LogP contribution in [-0.4, -0.2) is 13.0 Å². The Labute approximate surface area is 103 Å². The van der Waals surface area contributed by atoms with Gasteiger partial charge >= 0.3 is 18.9 Å². The third kappa shape index (κ3) is 2.85. The minimum Gasteiger partial charge on any atom is -0.744 e. The minimum atomic E-state index is -4.35. The Bertz CT molecular complexity index is 478. The number of hydrogen-bond donors (Lipinski definition) is 0. The van der Waals surface area contributed by atoms with Crippen LogP contribution in [0.15, 0.2) is 11.0 Å². The van der Waals surface area contributed by atoms with Crippen molar-refractivity contribution in [3.05, 3.63) is 28.3 Å². The van der Waals surface area contributed by atoms with Gasteiger partial charge in [-0.3, -0.25) is 0 Å². The summed E-state index contributed by atoms with van der Waals surface area (Å²) in [4.78, 5) is -0.0689. The molecule has 0 bridgehead atoms. The zero-order valence-electron chi connectivity index (χ0n) is 9.71. The normalized spacial score (nSPS) is 11.0. The van der Waals surface area contributed by atoms with Crippen LogP contribution in [0.4, 0.5) is 0 Å². The van der Waals surface area contributed by atoms with Gasteiger partial charge in [-0.05, 0) is 49.9 Å². The average molecular weight is 220 g/mol. The minimum absolute atomic E-state index is 0. The Kier molecular flexibility index (Phi) is 4.62. The van der Waals surface area contributed by atoms with Gasteiger partial charge in [0.2, 0.25) is 0 Å². The van der Waals surface area contributed by atoms with Crippen molar-refractivity contribution >= 4 is 10.1 Å². The van der Waals surface area contributed by atoms with Crippen molar-refractivity contribution in [1.82, 2.24) is 0 Å². The van der Waals surface area contributed by atoms with E-state index < -0.39 is 10.1 Å². The smallest absolute Gasteiger partial charge is 0.744 e. The first kappa shape index (κ1) is 14.7. The quantitative estimate of drug-likeness (QED) is 0.442. The molecule has 0 aliphatic rings. The maximum Gasteiger partial charge on any atom is 1.00 e. The van der Waals surface area contributed by atoms with Crippen molar-refractivity contribution in [3.63, 3.8) is 0 Å². The first-order valence-corrected chi connectivity index (χ1v) is 5.69. The van der Waals surface area contributed by atoms with Gasteiger partial charge < -0.3 is 4.55 Å². The first-order valence-electron chi connectivity index (χ1n) is 4.28. The van der Waals surface area contributed by atoms with Crippen molar-refractivity contribution in [2.75, 3.05) is 0 Å². The molecule has 0 aromatic heterocycles. The van der Waals surface area contributed by atoms with Crippen LogP contribution in [-0.2, 0) is 10.1 Å². The molecule has 0 aliphatic carbocycles. The maximum atomic E-state index is 11.0. The van der Waals surface area contributed by atoms with Gasteiger partial charge in [-0.25, -0.2) is 8.42 Å². The summed E-state index contributed by atoms with van der Waals surface area (Å²) in [6.45, 7) is 7.03. The SMILES string of the molecule is Cc1cc(C)c(S(=O)(=O)[O-])c(C)c1C.[Li+]. The van der Waals surface area contributed by atoms with Crippen LogP contribution >= 0.6 is 0 Å². The number of aryl methyl sites for hydroxylation is 2. The molecule has 0 heterocycles. The predicted molar refractivity (Wildman–Crippen MR) is 53.4 cm³/mol. The van der Waals surface area contributed by atoms with Crippen molar-refractivity contribution in [2.45, 2.75) is 32.6 Å². The van der Waals surface area contributed by atoms with E-state index in [0.29, 0.717) is 11.1 Å². The van der Waals surface area contributed by atoms with E-state index in [-0.39, 0.29) is 23.8 Å². The fourth-order valence-electron chi connectivity index (χ4n) is 1.65. The van der Waals surface area contributed by atoms with Crippen LogP contribution in [0.3, 0.4) is 0 Å². The fraction of sp³-hybridized carbons (Fsp3) is 0.400. The van der Waals surface area contributed by atoms with E-state index in [0.717, 1.165) is 11.1 Å². The van der Waals surface area contributed by atoms with Gasteiger partial charge in [0, 0.05) is 0 Å². The van der Waals surface area contributed by atoms with Crippen LogP contribution in [0, 0.1) is 27.7 Å². The zero-order chi connectivity index (χ0) is 11.1. The molecule has 0 radical (unpaired) electrons. The second-order valence-electron chi connectivity index (χ2n) is 3.54. The second-order valence-corrected chi connectivity index (χ2v) is 4.86. The van der Waals surface area contributed by atoms with E-state index in [1.54, 1.807) is 19.9 Å². The molecule has 0 amide bonds. The van der Waals surface area contributed by atoms with Crippen LogP contribution in [0.25, 0.3) is 0 Å². The Morgan fingerprint density at radius 1 is 1.00 bits per heavy atom. The fourth-order valence-corrected chi connectivity index (χ4v) is 2.63. The van der Waals surface area contributed by atoms with Gasteiger partial charge in [-0.2, -0.15) is 0 Å². The molecule has 1 rings (SSSR count). The van der Waals surface area contributed by atoms with Crippen molar-refractivity contribution < 1.29 is 31.8 Å². The van der Waals surface area contributed by atoms with E-state index >= 15 is 0 Å². The molecular weight excluding hydrogens is 207 g/mol. The van der Waals surface area contributed by atoms with Gasteiger partial charge in [0.05, 0.1) is 4.90 Å². The molecule has 0 fully saturated rings. The largest absolute Gasteiger partial charge is 1.00 e. The van der Waals surface area contributed by atoms with Gasteiger partial charge in [-0.15, -0.1) is 0 Å². The Balaban J connectivity index is 0.00000196. The Morgan fingerprint density at radius 3 is 1.87 bits per heavy atom. The summed E-state index contributed by atoms with van der Waals surface area (Å²) in [6, 6.07) is 1.73. The molecule has 0 aliphatic heterocycles. The predicted octanol–water partition coefficient (Wildman–Crippen LogP) is -1.17. The van der Waals surface area contributed by atoms with Crippen molar-refractivity contribution in [3.8, 4) is 0 Å². The molecule has 0 unspecified atom stereocenters. The molecule has 5 heteroatoms. The summed E-state index contributed by atoms with van der Waals surface area (Å²) in [5, 5.41) is 0. The van der Waals surface area contributed by atoms with Gasteiger partial charge in [0.25, 0.3) is 0 Å². The molecule has 1 aromatic carbocycles. The summed E-state index contributed by atoms with van der Waals surface area (Å²) >= 11 is 0. The molecule has 0 N–H and O–H groups in total. The molecule has 0 saturated carbocycles. The summed E-state index contributed by atoms with van der Waals surface area (Å²) in [7, 11) is -4.35. The second kappa shape index (κ2) is 4.71. The molecule has 0 saturated heterocycles. The Morgan fingerprint density at radius 2 is 1.47 bits per heavy atom. The van der Waals surface area contributed by atoms with Gasteiger partial charge in [-0.1, -0.05) is 6.07 Å². The van der Waals surface area contributed by atoms with E-state index in [2.05, 4.69) is 0 Å². The molecule has 78 valence electrons. The van der Waals surface area contributed by atoms with Crippen LogP contribution in [0.2, 0.25) is 0 Å². The topological polar surface area (TPSA) is 57.2 Å². The van der Waals surface area contributed by atoms with Gasteiger partial charge in [0.15, 0.2) is 0 Å². The summed E-state index contributed by atoms with van der Waals surface area (Å²) < 4.78 is 32.9. The zero-order valence-corrected chi connectivity index (χ0v) is 10.5. The van der Waals surface area contributed by atoms with Crippen LogP contribution in [0.1, 0.15) is 22.3 Å². The number of hydrogen-bond acceptors (Lipinski definition) is 3. The third-order valence-electron chi connectivity index (χ3n) is 2.54. The number of rotatable bonds is 1. The third-order valence-corrected chi connectivity index (χ3v) is 3.66. The summed E-state index contributed by atoms with van der Waals surface area (Å²) in [6.07, 6.45) is 0. The number of benzene rings is 1. The van der Waals surface area contributed by atoms with Crippen LogP contribution < -0.4 is 18.9 Å². The van der Waals surface area contributed by atoms with Crippen molar-refractivity contribution in [1.29, 1.82) is 0 Å². The van der Waals surface area contributed by atoms with Crippen molar-refractivity contribution in [2.24, 2.45) is 0 Å². The average Bonchev–Trinajstić information content (AvgIpc) is 1.97. The first-order chi connectivity index (χ1) is 6.25. The molecule has 1 aromatic rings. The summed E-state index contributed by atoms with van der Waals surface area (Å²) in [5.41, 5.74) is 2.97. The van der Waals surface area contributed by atoms with E-state index in [9.17, 15) is 13.0 Å². The van der Waals surface area contributed by atoms with Gasteiger partial charge in [0.1, 0.15) is 10.1 Å². The monoisotopic (exact) mass is 220 g/mol. The summed E-state index contributed by atoms with van der Waals surface area (Å²) in [5.74, 6) is 0. The van der Waals surface area contributed by atoms with E-state index in [4.69, 9.17) is 0 Å². The van der Waals surface area contributed by atoms with E-state index in [1.165, 1.54) is 0 Å². The Hall–Kier alpha value is -0.273. The molecule has 15 heavy (non-hydrogen) atoms. The standard InChI is InChI=1S/C10H14O3S.Li/c1-6-5-7(2)10(14(11,12)13)9(4)8(6)3;/h5H,1-4H3,(H,11,12,13);/q;+1/p-1. The molecule has 0 atom stereocenters. The maximum absolute atomic E-state index is 11.0. The molecular formula is C10H13LiO3S.